The van der Waals surface area contributed by atoms with Crippen LogP contribution in [0.4, 0.5) is 5.69 Å². The first kappa shape index (κ1) is 20.9. The molecule has 0 bridgehead atoms. The Bertz CT molecular complexity index is 831. The number of anilines is 1. The fourth-order valence-electron chi connectivity index (χ4n) is 2.09. The molecule has 142 valence electrons. The van der Waals surface area contributed by atoms with E-state index in [-0.39, 0.29) is 24.5 Å². The van der Waals surface area contributed by atoms with Crippen molar-refractivity contribution in [2.24, 2.45) is 5.10 Å². The number of methoxy groups -OCH3 is 1. The number of rotatable bonds is 7. The van der Waals surface area contributed by atoms with Gasteiger partial charge in [0, 0.05) is 23.0 Å². The lowest BCUT2D eigenvalue weighted by Crippen LogP contribution is -2.20. The van der Waals surface area contributed by atoms with Gasteiger partial charge < -0.3 is 15.2 Å². The van der Waals surface area contributed by atoms with Crippen molar-refractivity contribution >= 4 is 55.6 Å². The van der Waals surface area contributed by atoms with Crippen molar-refractivity contribution < 1.29 is 19.4 Å². The normalized spacial score (nSPS) is 10.6. The van der Waals surface area contributed by atoms with Crippen LogP contribution in [-0.2, 0) is 9.59 Å². The molecule has 9 heteroatoms. The van der Waals surface area contributed by atoms with Crippen LogP contribution in [0.1, 0.15) is 18.4 Å². The summed E-state index contributed by atoms with van der Waals surface area (Å²) < 4.78 is 6.49. The topological polar surface area (TPSA) is 100 Å². The number of nitrogens with zero attached hydrogens (tertiary/aromatic N) is 1. The number of amides is 2. The highest BCUT2D eigenvalue weighted by molar-refractivity contribution is 9.10. The minimum atomic E-state index is -0.394. The van der Waals surface area contributed by atoms with Gasteiger partial charge in [-0.15, -0.1) is 0 Å². The first-order valence-electron chi connectivity index (χ1n) is 7.83. The van der Waals surface area contributed by atoms with Gasteiger partial charge in [0.1, 0.15) is 0 Å². The molecule has 0 heterocycles. The van der Waals surface area contributed by atoms with Crippen molar-refractivity contribution in [3.8, 4) is 11.5 Å². The zero-order valence-corrected chi connectivity index (χ0v) is 17.5. The van der Waals surface area contributed by atoms with E-state index < -0.39 is 5.91 Å². The third kappa shape index (κ3) is 6.69. The minimum Gasteiger partial charge on any atom is -0.504 e. The highest BCUT2D eigenvalue weighted by Gasteiger charge is 2.09. The molecule has 0 spiro atoms. The quantitative estimate of drug-likeness (QED) is 0.399. The second-order valence-corrected chi connectivity index (χ2v) is 7.17. The predicted molar refractivity (Wildman–Crippen MR) is 110 cm³/mol. The molecule has 3 N–H and O–H groups in total. The van der Waals surface area contributed by atoms with Gasteiger partial charge in [-0.25, -0.2) is 5.43 Å². The van der Waals surface area contributed by atoms with Gasteiger partial charge in [-0.05, 0) is 57.9 Å². The van der Waals surface area contributed by atoms with E-state index in [0.29, 0.717) is 21.5 Å². The van der Waals surface area contributed by atoms with Crippen molar-refractivity contribution in [2.45, 2.75) is 12.8 Å². The number of phenolic OH excluding ortho intramolecular Hbond substituents is 1. The van der Waals surface area contributed by atoms with Crippen LogP contribution in [0.5, 0.6) is 11.5 Å². The lowest BCUT2D eigenvalue weighted by molar-refractivity contribution is -0.124. The van der Waals surface area contributed by atoms with E-state index in [0.717, 1.165) is 4.47 Å². The van der Waals surface area contributed by atoms with Crippen molar-refractivity contribution in [3.63, 3.8) is 0 Å². The van der Waals surface area contributed by atoms with Crippen molar-refractivity contribution in [1.29, 1.82) is 0 Å². The van der Waals surface area contributed by atoms with E-state index in [4.69, 9.17) is 4.74 Å². The second-order valence-electron chi connectivity index (χ2n) is 5.40. The number of halogens is 2. The van der Waals surface area contributed by atoms with Gasteiger partial charge in [-0.2, -0.15) is 5.10 Å². The maximum atomic E-state index is 11.8. The predicted octanol–water partition coefficient (Wildman–Crippen LogP) is 3.79. The van der Waals surface area contributed by atoms with Crippen LogP contribution < -0.4 is 15.5 Å². The summed E-state index contributed by atoms with van der Waals surface area (Å²) in [5.41, 5.74) is 3.56. The van der Waals surface area contributed by atoms with E-state index in [1.54, 1.807) is 18.2 Å². The number of nitrogens with one attached hydrogen (secondary N) is 2. The summed E-state index contributed by atoms with van der Waals surface area (Å²) in [5, 5.41) is 16.3. The van der Waals surface area contributed by atoms with Gasteiger partial charge in [0.25, 0.3) is 0 Å². The number of phenols is 1. The zero-order valence-electron chi connectivity index (χ0n) is 14.3. The van der Waals surface area contributed by atoms with Gasteiger partial charge in [-0.3, -0.25) is 9.59 Å². The third-order valence-electron chi connectivity index (χ3n) is 3.36. The molecule has 0 aliphatic carbocycles. The molecule has 0 radical (unpaired) electrons. The molecule has 0 aromatic heterocycles. The van der Waals surface area contributed by atoms with E-state index >= 15 is 0 Å². The summed E-state index contributed by atoms with van der Waals surface area (Å²) in [6.45, 7) is 0. The lowest BCUT2D eigenvalue weighted by Gasteiger charge is -2.06. The SMILES string of the molecule is COc1c(O)cc(/C=N\NC(=O)CCC(=O)Nc2ccc(Br)cc2)cc1Br. The molecule has 0 unspecified atom stereocenters. The zero-order chi connectivity index (χ0) is 19.8. The third-order valence-corrected chi connectivity index (χ3v) is 4.48. The highest BCUT2D eigenvalue weighted by atomic mass is 79.9. The Balaban J connectivity index is 1.79. The molecule has 2 amide bonds. The van der Waals surface area contributed by atoms with Crippen LogP contribution in [0.2, 0.25) is 0 Å². The van der Waals surface area contributed by atoms with Gasteiger partial charge in [0.05, 0.1) is 17.8 Å². The standard InChI is InChI=1S/C18H17Br2N3O4/c1-27-18-14(20)8-11(9-15(18)24)10-21-23-17(26)7-6-16(25)22-13-4-2-12(19)3-5-13/h2-5,8-10,24H,6-7H2,1H3,(H,22,25)(H,23,26)/b21-10-. The van der Waals surface area contributed by atoms with Crippen LogP contribution in [0.15, 0.2) is 50.4 Å². The Morgan fingerprint density at radius 3 is 2.44 bits per heavy atom. The largest absolute Gasteiger partial charge is 0.504 e. The molecule has 0 aliphatic rings. The maximum Gasteiger partial charge on any atom is 0.240 e. The monoisotopic (exact) mass is 497 g/mol. The van der Waals surface area contributed by atoms with Crippen LogP contribution in [0, 0.1) is 0 Å². The van der Waals surface area contributed by atoms with E-state index in [2.05, 4.69) is 47.7 Å². The summed E-state index contributed by atoms with van der Waals surface area (Å²) >= 11 is 6.59. The van der Waals surface area contributed by atoms with Crippen LogP contribution in [0.3, 0.4) is 0 Å². The van der Waals surface area contributed by atoms with Gasteiger partial charge >= 0.3 is 0 Å². The molecule has 0 saturated heterocycles. The smallest absolute Gasteiger partial charge is 0.240 e. The molecule has 2 aromatic rings. The average molecular weight is 499 g/mol. The average Bonchev–Trinajstić information content (AvgIpc) is 2.62. The number of hydrazone groups is 1. The molecule has 0 aliphatic heterocycles. The number of hydrogen-bond acceptors (Lipinski definition) is 5. The summed E-state index contributed by atoms with van der Waals surface area (Å²) in [5.74, 6) is -0.397. The number of hydrogen-bond donors (Lipinski definition) is 3. The van der Waals surface area contributed by atoms with Crippen LogP contribution in [0.25, 0.3) is 0 Å². The Morgan fingerprint density at radius 1 is 1.15 bits per heavy atom. The number of benzene rings is 2. The Kier molecular flexibility index (Phi) is 7.81. The second kappa shape index (κ2) is 10.1. The molecule has 2 aromatic carbocycles. The number of carbonyl (C=O) groups excluding carboxylic acids is 2. The molecule has 0 atom stereocenters. The summed E-state index contributed by atoms with van der Waals surface area (Å²) in [6, 6.07) is 10.3. The molecule has 7 nitrogen and oxygen atoms in total. The van der Waals surface area contributed by atoms with Crippen molar-refractivity contribution in [1.82, 2.24) is 5.43 Å². The molecular weight excluding hydrogens is 482 g/mol. The molecule has 0 saturated carbocycles. The summed E-state index contributed by atoms with van der Waals surface area (Å²) in [6.07, 6.45) is 1.41. The number of carbonyl (C=O) groups is 2. The van der Waals surface area contributed by atoms with Gasteiger partial charge in [0.2, 0.25) is 11.8 Å². The molecular formula is C18H17Br2N3O4. The first-order chi connectivity index (χ1) is 12.9. The Hall–Kier alpha value is -2.39. The number of ether oxygens (including phenoxy) is 1. The highest BCUT2D eigenvalue weighted by Crippen LogP contribution is 2.34. The van der Waals surface area contributed by atoms with Crippen molar-refractivity contribution in [3.05, 3.63) is 50.9 Å². The fraction of sp³-hybridized carbons (Fsp3) is 0.167. The minimum absolute atomic E-state index is 0.00272. The summed E-state index contributed by atoms with van der Waals surface area (Å²) in [7, 11) is 1.45. The van der Waals surface area contributed by atoms with Crippen LogP contribution in [-0.4, -0.2) is 30.2 Å². The van der Waals surface area contributed by atoms with Crippen molar-refractivity contribution in [2.75, 3.05) is 12.4 Å². The molecule has 27 heavy (non-hydrogen) atoms. The fourth-order valence-corrected chi connectivity index (χ4v) is 2.99. The lowest BCUT2D eigenvalue weighted by atomic mass is 10.2. The summed E-state index contributed by atoms with van der Waals surface area (Å²) in [4.78, 5) is 23.6. The first-order valence-corrected chi connectivity index (χ1v) is 9.41. The van der Waals surface area contributed by atoms with E-state index in [9.17, 15) is 14.7 Å². The van der Waals surface area contributed by atoms with Crippen LogP contribution >= 0.6 is 31.9 Å². The van der Waals surface area contributed by atoms with Gasteiger partial charge in [-0.1, -0.05) is 15.9 Å². The number of aromatic hydroxyl groups is 1. The molecule has 0 fully saturated rings. The maximum absolute atomic E-state index is 11.8. The molecule has 2 rings (SSSR count). The Morgan fingerprint density at radius 2 is 1.81 bits per heavy atom. The van der Waals surface area contributed by atoms with E-state index in [1.165, 1.54) is 19.4 Å². The van der Waals surface area contributed by atoms with E-state index in [1.807, 2.05) is 12.1 Å². The van der Waals surface area contributed by atoms with Gasteiger partial charge in [0.15, 0.2) is 11.5 Å². The Labute approximate surface area is 173 Å².